The third-order valence-electron chi connectivity index (χ3n) is 2.05. The first kappa shape index (κ1) is 9.04. The molecule has 0 fully saturated rings. The van der Waals surface area contributed by atoms with Crippen LogP contribution in [0, 0.1) is 6.92 Å². The fraction of sp³-hybridized carbons (Fsp3) is 0.500. The molecule has 0 N–H and O–H groups in total. The molecule has 12 heavy (non-hydrogen) atoms. The van der Waals surface area contributed by atoms with Crippen molar-refractivity contribution >= 4 is 6.29 Å². The average molecular weight is 165 g/mol. The van der Waals surface area contributed by atoms with Crippen molar-refractivity contribution in [3.63, 3.8) is 0 Å². The van der Waals surface area contributed by atoms with E-state index < -0.39 is 0 Å². The van der Waals surface area contributed by atoms with Crippen molar-refractivity contribution in [2.75, 3.05) is 0 Å². The van der Waals surface area contributed by atoms with Crippen LogP contribution in [-0.2, 0) is 11.2 Å². The van der Waals surface area contributed by atoms with Crippen LogP contribution in [-0.4, -0.2) is 10.9 Å². The lowest BCUT2D eigenvalue weighted by atomic mass is 10.2. The summed E-state index contributed by atoms with van der Waals surface area (Å²) in [6.45, 7) is 6.30. The average Bonchev–Trinajstić information content (AvgIpc) is 2.34. The molecule has 0 aromatic carbocycles. The normalized spacial score (nSPS) is 10.7. The van der Waals surface area contributed by atoms with Crippen molar-refractivity contribution in [1.82, 2.24) is 4.57 Å². The highest BCUT2D eigenvalue weighted by Gasteiger charge is 2.03. The SMILES string of the molecule is Cc1cn(C(C)C)cc1CC=O. The lowest BCUT2D eigenvalue weighted by Gasteiger charge is -2.04. The first-order valence-corrected chi connectivity index (χ1v) is 4.25. The van der Waals surface area contributed by atoms with E-state index in [0.29, 0.717) is 12.5 Å². The highest BCUT2D eigenvalue weighted by atomic mass is 16.1. The molecule has 0 aliphatic heterocycles. The van der Waals surface area contributed by atoms with Gasteiger partial charge in [-0.15, -0.1) is 0 Å². The van der Waals surface area contributed by atoms with Gasteiger partial charge in [-0.05, 0) is 31.9 Å². The third kappa shape index (κ3) is 1.76. The molecule has 0 atom stereocenters. The number of carbonyl (C=O) groups excluding carboxylic acids is 1. The van der Waals surface area contributed by atoms with Gasteiger partial charge < -0.3 is 9.36 Å². The van der Waals surface area contributed by atoms with Gasteiger partial charge in [-0.2, -0.15) is 0 Å². The zero-order valence-corrected chi connectivity index (χ0v) is 7.87. The molecule has 1 aromatic heterocycles. The van der Waals surface area contributed by atoms with Crippen molar-refractivity contribution < 1.29 is 4.79 Å². The summed E-state index contributed by atoms with van der Waals surface area (Å²) in [5, 5.41) is 0. The van der Waals surface area contributed by atoms with Gasteiger partial charge in [0.15, 0.2) is 0 Å². The van der Waals surface area contributed by atoms with E-state index in [0.717, 1.165) is 11.8 Å². The smallest absolute Gasteiger partial charge is 0.124 e. The number of hydrogen-bond acceptors (Lipinski definition) is 1. The standard InChI is InChI=1S/C10H15NO/c1-8(2)11-6-9(3)10(7-11)4-5-12/h5-8H,4H2,1-3H3. The zero-order valence-electron chi connectivity index (χ0n) is 7.87. The lowest BCUT2D eigenvalue weighted by molar-refractivity contribution is -0.107. The molecule has 0 unspecified atom stereocenters. The lowest BCUT2D eigenvalue weighted by Crippen LogP contribution is -1.95. The van der Waals surface area contributed by atoms with Gasteiger partial charge >= 0.3 is 0 Å². The van der Waals surface area contributed by atoms with E-state index in [1.165, 1.54) is 5.56 Å². The van der Waals surface area contributed by atoms with Crippen molar-refractivity contribution in [2.45, 2.75) is 33.2 Å². The van der Waals surface area contributed by atoms with Crippen LogP contribution in [0.4, 0.5) is 0 Å². The number of carbonyl (C=O) groups is 1. The number of rotatable bonds is 3. The highest BCUT2D eigenvalue weighted by molar-refractivity contribution is 5.55. The second-order valence-corrected chi connectivity index (χ2v) is 3.38. The summed E-state index contributed by atoms with van der Waals surface area (Å²) < 4.78 is 2.13. The van der Waals surface area contributed by atoms with Gasteiger partial charge in [-0.1, -0.05) is 0 Å². The van der Waals surface area contributed by atoms with Crippen molar-refractivity contribution in [3.05, 3.63) is 23.5 Å². The number of nitrogens with zero attached hydrogens (tertiary/aromatic N) is 1. The summed E-state index contributed by atoms with van der Waals surface area (Å²) in [5.74, 6) is 0. The van der Waals surface area contributed by atoms with Crippen LogP contribution in [0.15, 0.2) is 12.4 Å². The fourth-order valence-corrected chi connectivity index (χ4v) is 1.23. The molecule has 2 nitrogen and oxygen atoms in total. The maximum Gasteiger partial charge on any atom is 0.124 e. The van der Waals surface area contributed by atoms with Crippen LogP contribution < -0.4 is 0 Å². The van der Waals surface area contributed by atoms with Crippen LogP contribution in [0.5, 0.6) is 0 Å². The summed E-state index contributed by atoms with van der Waals surface area (Å²) in [6.07, 6.45) is 5.62. The van der Waals surface area contributed by atoms with Gasteiger partial charge in [0.2, 0.25) is 0 Å². The van der Waals surface area contributed by atoms with Crippen LogP contribution >= 0.6 is 0 Å². The van der Waals surface area contributed by atoms with Gasteiger partial charge in [0.1, 0.15) is 6.29 Å². The molecule has 0 bridgehead atoms. The van der Waals surface area contributed by atoms with Gasteiger partial charge in [-0.3, -0.25) is 0 Å². The second-order valence-electron chi connectivity index (χ2n) is 3.38. The van der Waals surface area contributed by atoms with Crippen molar-refractivity contribution in [1.29, 1.82) is 0 Å². The molecule has 2 heteroatoms. The molecule has 0 aliphatic rings. The Morgan fingerprint density at radius 2 is 2.17 bits per heavy atom. The molecule has 66 valence electrons. The molecular weight excluding hydrogens is 150 g/mol. The number of aromatic nitrogens is 1. The van der Waals surface area contributed by atoms with E-state index in [-0.39, 0.29) is 0 Å². The van der Waals surface area contributed by atoms with E-state index in [4.69, 9.17) is 0 Å². The van der Waals surface area contributed by atoms with Crippen LogP contribution in [0.2, 0.25) is 0 Å². The Morgan fingerprint density at radius 3 is 2.58 bits per heavy atom. The van der Waals surface area contributed by atoms with Crippen molar-refractivity contribution in [2.24, 2.45) is 0 Å². The Balaban J connectivity index is 2.91. The summed E-state index contributed by atoms with van der Waals surface area (Å²) in [4.78, 5) is 10.3. The third-order valence-corrected chi connectivity index (χ3v) is 2.05. The van der Waals surface area contributed by atoms with E-state index in [2.05, 4.69) is 30.8 Å². The summed E-state index contributed by atoms with van der Waals surface area (Å²) in [5.41, 5.74) is 2.34. The van der Waals surface area contributed by atoms with E-state index in [9.17, 15) is 4.79 Å². The maximum atomic E-state index is 10.3. The molecule has 0 radical (unpaired) electrons. The monoisotopic (exact) mass is 165 g/mol. The summed E-state index contributed by atoms with van der Waals surface area (Å²) >= 11 is 0. The topological polar surface area (TPSA) is 22.0 Å². The van der Waals surface area contributed by atoms with Crippen LogP contribution in [0.25, 0.3) is 0 Å². The minimum absolute atomic E-state index is 0.476. The Labute approximate surface area is 73.2 Å². The molecule has 0 spiro atoms. The Kier molecular flexibility index (Phi) is 2.69. The maximum absolute atomic E-state index is 10.3. The quantitative estimate of drug-likeness (QED) is 0.629. The second kappa shape index (κ2) is 3.57. The summed E-state index contributed by atoms with van der Waals surface area (Å²) in [6, 6.07) is 0.476. The molecular formula is C10H15NO. The van der Waals surface area contributed by atoms with Gasteiger partial charge in [0.05, 0.1) is 0 Å². The molecule has 0 saturated carbocycles. The summed E-state index contributed by atoms with van der Waals surface area (Å²) in [7, 11) is 0. The minimum atomic E-state index is 0.476. The Hall–Kier alpha value is -1.05. The number of aldehydes is 1. The highest BCUT2D eigenvalue weighted by Crippen LogP contribution is 2.13. The molecule has 1 heterocycles. The van der Waals surface area contributed by atoms with Crippen molar-refractivity contribution in [3.8, 4) is 0 Å². The minimum Gasteiger partial charge on any atom is -0.351 e. The first-order chi connectivity index (χ1) is 5.65. The molecule has 0 saturated heterocycles. The van der Waals surface area contributed by atoms with Gasteiger partial charge in [0.25, 0.3) is 0 Å². The first-order valence-electron chi connectivity index (χ1n) is 4.25. The van der Waals surface area contributed by atoms with Crippen LogP contribution in [0.3, 0.4) is 0 Å². The van der Waals surface area contributed by atoms with E-state index >= 15 is 0 Å². The molecule has 0 aliphatic carbocycles. The Bertz CT molecular complexity index is 273. The van der Waals surface area contributed by atoms with Gasteiger partial charge in [0, 0.05) is 24.9 Å². The van der Waals surface area contributed by atoms with E-state index in [1.54, 1.807) is 0 Å². The fourth-order valence-electron chi connectivity index (χ4n) is 1.23. The van der Waals surface area contributed by atoms with Crippen LogP contribution in [0.1, 0.15) is 31.0 Å². The predicted octanol–water partition coefficient (Wildman–Crippen LogP) is 2.12. The van der Waals surface area contributed by atoms with Gasteiger partial charge in [-0.25, -0.2) is 0 Å². The zero-order chi connectivity index (χ0) is 9.14. The van der Waals surface area contributed by atoms with E-state index in [1.807, 2.05) is 6.92 Å². The Morgan fingerprint density at radius 1 is 1.50 bits per heavy atom. The number of aryl methyl sites for hydroxylation is 1. The number of hydrogen-bond donors (Lipinski definition) is 0. The molecule has 0 amide bonds. The molecule has 1 aromatic rings. The molecule has 1 rings (SSSR count). The largest absolute Gasteiger partial charge is 0.351 e. The predicted molar refractivity (Wildman–Crippen MR) is 49.3 cm³/mol.